The molecule has 0 spiro atoms. The summed E-state index contributed by atoms with van der Waals surface area (Å²) >= 11 is 0. The van der Waals surface area contributed by atoms with Gasteiger partial charge in [0.2, 0.25) is 0 Å². The van der Waals surface area contributed by atoms with Gasteiger partial charge in [0.25, 0.3) is 0 Å². The largest absolute Gasteiger partial charge is 0.378 e. The molecule has 4 aromatic rings. The Morgan fingerprint density at radius 1 is 0.974 bits per heavy atom. The number of aromatic nitrogens is 4. The molecule has 2 aromatic heterocycles. The predicted molar refractivity (Wildman–Crippen MR) is 152 cm³/mol. The predicted octanol–water partition coefficient (Wildman–Crippen LogP) is 3.92. The van der Waals surface area contributed by atoms with Crippen molar-refractivity contribution in [2.45, 2.75) is 25.4 Å². The Morgan fingerprint density at radius 2 is 1.72 bits per heavy atom. The van der Waals surface area contributed by atoms with Gasteiger partial charge in [0.05, 0.1) is 30.8 Å². The first kappa shape index (κ1) is 25.3. The van der Waals surface area contributed by atoms with Gasteiger partial charge in [0, 0.05) is 51.0 Å². The summed E-state index contributed by atoms with van der Waals surface area (Å²) < 4.78 is 7.72. The van der Waals surface area contributed by atoms with Crippen molar-refractivity contribution in [2.24, 2.45) is 0 Å². The van der Waals surface area contributed by atoms with Crippen LogP contribution < -0.4 is 15.5 Å². The molecule has 2 amide bonds. The summed E-state index contributed by atoms with van der Waals surface area (Å²) in [7, 11) is 1.59. The minimum absolute atomic E-state index is 0.256. The number of benzene rings is 2. The maximum Gasteiger partial charge on any atom is 0.318 e. The van der Waals surface area contributed by atoms with Crippen LogP contribution in [0, 0.1) is 0 Å². The van der Waals surface area contributed by atoms with Crippen molar-refractivity contribution in [2.75, 3.05) is 56.7 Å². The molecule has 0 saturated carbocycles. The van der Waals surface area contributed by atoms with Crippen LogP contribution in [0.3, 0.4) is 0 Å². The fourth-order valence-electron chi connectivity index (χ4n) is 5.38. The van der Waals surface area contributed by atoms with E-state index in [0.29, 0.717) is 24.7 Å². The summed E-state index contributed by atoms with van der Waals surface area (Å²) in [6, 6.07) is 18.3. The summed E-state index contributed by atoms with van der Waals surface area (Å²) in [5.74, 6) is 1.55. The molecule has 10 nitrogen and oxygen atoms in total. The second-order valence-electron chi connectivity index (χ2n) is 10.1. The lowest BCUT2D eigenvalue weighted by molar-refractivity contribution is 0.122. The average Bonchev–Trinajstić information content (AvgIpc) is 3.42. The SMILES string of the molecule is CNC(=O)Nc1ccc(-c2nc(N3CCOCC3)c3cnn(C4CCN(Cc5ccccc5)CC4)c3n2)cc1. The number of carbonyl (C=O) groups excluding carboxylic acids is 1. The molecule has 2 aliphatic rings. The van der Waals surface area contributed by atoms with Gasteiger partial charge >= 0.3 is 6.03 Å². The molecule has 0 unspecified atom stereocenters. The van der Waals surface area contributed by atoms with Crippen LogP contribution in [0.5, 0.6) is 0 Å². The van der Waals surface area contributed by atoms with Crippen molar-refractivity contribution in [3.05, 3.63) is 66.4 Å². The summed E-state index contributed by atoms with van der Waals surface area (Å²) in [5.41, 5.74) is 3.82. The maximum absolute atomic E-state index is 11.7. The van der Waals surface area contributed by atoms with Gasteiger partial charge in [0.1, 0.15) is 5.82 Å². The van der Waals surface area contributed by atoms with Gasteiger partial charge in [0.15, 0.2) is 11.5 Å². The molecule has 6 rings (SSSR count). The second-order valence-corrected chi connectivity index (χ2v) is 10.1. The van der Waals surface area contributed by atoms with Crippen molar-refractivity contribution in [1.29, 1.82) is 0 Å². The molecule has 2 saturated heterocycles. The molecule has 2 aliphatic heterocycles. The number of morpholine rings is 1. The molecule has 2 fully saturated rings. The highest BCUT2D eigenvalue weighted by Gasteiger charge is 2.26. The number of carbonyl (C=O) groups is 1. The Balaban J connectivity index is 1.29. The molecule has 0 bridgehead atoms. The van der Waals surface area contributed by atoms with Crippen molar-refractivity contribution < 1.29 is 9.53 Å². The zero-order valence-corrected chi connectivity index (χ0v) is 22.2. The van der Waals surface area contributed by atoms with E-state index in [1.807, 2.05) is 30.5 Å². The van der Waals surface area contributed by atoms with Crippen LogP contribution in [-0.2, 0) is 11.3 Å². The van der Waals surface area contributed by atoms with E-state index in [-0.39, 0.29) is 12.1 Å². The molecule has 2 N–H and O–H groups in total. The molecule has 2 aromatic carbocycles. The Kier molecular flexibility index (Phi) is 7.38. The summed E-state index contributed by atoms with van der Waals surface area (Å²) in [6.07, 6.45) is 3.97. The smallest absolute Gasteiger partial charge is 0.318 e. The van der Waals surface area contributed by atoms with E-state index in [0.717, 1.165) is 68.0 Å². The number of hydrogen-bond donors (Lipinski definition) is 2. The minimum Gasteiger partial charge on any atom is -0.378 e. The second kappa shape index (κ2) is 11.4. The molecule has 10 heteroatoms. The van der Waals surface area contributed by atoms with Gasteiger partial charge in [-0.2, -0.15) is 5.10 Å². The lowest BCUT2D eigenvalue weighted by Gasteiger charge is -2.32. The maximum atomic E-state index is 11.7. The van der Waals surface area contributed by atoms with Crippen LogP contribution in [0.15, 0.2) is 60.8 Å². The van der Waals surface area contributed by atoms with Crippen LogP contribution >= 0.6 is 0 Å². The number of rotatable bonds is 6. The van der Waals surface area contributed by atoms with E-state index < -0.39 is 0 Å². The Morgan fingerprint density at radius 3 is 2.44 bits per heavy atom. The van der Waals surface area contributed by atoms with E-state index in [2.05, 4.69) is 55.4 Å². The number of anilines is 2. The van der Waals surface area contributed by atoms with E-state index in [1.54, 1.807) is 7.05 Å². The fourth-order valence-corrected chi connectivity index (χ4v) is 5.38. The summed E-state index contributed by atoms with van der Waals surface area (Å²) in [4.78, 5) is 26.6. The molecule has 0 radical (unpaired) electrons. The van der Waals surface area contributed by atoms with E-state index in [9.17, 15) is 4.79 Å². The highest BCUT2D eigenvalue weighted by atomic mass is 16.5. The number of likely N-dealkylation sites (tertiary alicyclic amines) is 1. The third kappa shape index (κ3) is 5.57. The monoisotopic (exact) mass is 526 g/mol. The Hall–Kier alpha value is -4.02. The van der Waals surface area contributed by atoms with E-state index in [1.165, 1.54) is 5.56 Å². The minimum atomic E-state index is -0.256. The molecule has 39 heavy (non-hydrogen) atoms. The van der Waals surface area contributed by atoms with Crippen molar-refractivity contribution in [1.82, 2.24) is 30.0 Å². The molecule has 202 valence electrons. The number of nitrogens with one attached hydrogen (secondary N) is 2. The number of fused-ring (bicyclic) bond motifs is 1. The first-order chi connectivity index (χ1) is 19.2. The average molecular weight is 527 g/mol. The van der Waals surface area contributed by atoms with Crippen LogP contribution in [0.2, 0.25) is 0 Å². The van der Waals surface area contributed by atoms with Crippen molar-refractivity contribution in [3.8, 4) is 11.4 Å². The first-order valence-corrected chi connectivity index (χ1v) is 13.6. The molecule has 0 atom stereocenters. The lowest BCUT2D eigenvalue weighted by atomic mass is 10.0. The van der Waals surface area contributed by atoms with Gasteiger partial charge in [-0.1, -0.05) is 30.3 Å². The topological polar surface area (TPSA) is 100 Å². The number of urea groups is 1. The standard InChI is InChI=1S/C29H34N8O2/c1-30-29(38)32-23-9-7-22(8-10-23)26-33-27(36-15-17-39-18-16-36)25-19-31-37(28(25)34-26)24-11-13-35(14-12-24)20-21-5-3-2-4-6-21/h2-10,19,24H,11-18,20H2,1H3,(H2,30,32,38). The summed E-state index contributed by atoms with van der Waals surface area (Å²) in [6.45, 7) is 5.94. The first-order valence-electron chi connectivity index (χ1n) is 13.6. The van der Waals surface area contributed by atoms with Gasteiger partial charge in [-0.05, 0) is 42.7 Å². The number of piperidine rings is 1. The van der Waals surface area contributed by atoms with Gasteiger partial charge in [-0.25, -0.2) is 19.4 Å². The van der Waals surface area contributed by atoms with Crippen LogP contribution in [0.1, 0.15) is 24.4 Å². The van der Waals surface area contributed by atoms with Crippen LogP contribution in [0.4, 0.5) is 16.3 Å². The molecular weight excluding hydrogens is 492 g/mol. The highest BCUT2D eigenvalue weighted by molar-refractivity contribution is 5.90. The highest BCUT2D eigenvalue weighted by Crippen LogP contribution is 2.32. The van der Waals surface area contributed by atoms with Crippen LogP contribution in [-0.4, -0.2) is 77.1 Å². The molecular formula is C29H34N8O2. The van der Waals surface area contributed by atoms with Crippen molar-refractivity contribution in [3.63, 3.8) is 0 Å². The third-order valence-corrected chi connectivity index (χ3v) is 7.52. The van der Waals surface area contributed by atoms with Crippen LogP contribution in [0.25, 0.3) is 22.4 Å². The normalized spacial score (nSPS) is 16.9. The Labute approximate surface area is 228 Å². The summed E-state index contributed by atoms with van der Waals surface area (Å²) in [5, 5.41) is 11.2. The number of hydrogen-bond acceptors (Lipinski definition) is 7. The van der Waals surface area contributed by atoms with Gasteiger partial charge in [-0.15, -0.1) is 0 Å². The molecule has 4 heterocycles. The van der Waals surface area contributed by atoms with Crippen molar-refractivity contribution >= 4 is 28.6 Å². The zero-order valence-electron chi connectivity index (χ0n) is 22.2. The quantitative estimate of drug-likeness (QED) is 0.393. The fraction of sp³-hybridized carbons (Fsp3) is 0.379. The number of nitrogens with zero attached hydrogens (tertiary/aromatic N) is 6. The zero-order chi connectivity index (χ0) is 26.6. The van der Waals surface area contributed by atoms with Gasteiger partial charge in [-0.3, -0.25) is 4.90 Å². The van der Waals surface area contributed by atoms with E-state index in [4.69, 9.17) is 19.8 Å². The van der Waals surface area contributed by atoms with E-state index >= 15 is 0 Å². The van der Waals surface area contributed by atoms with Gasteiger partial charge < -0.3 is 20.3 Å². The Bertz CT molecular complexity index is 1410. The third-order valence-electron chi connectivity index (χ3n) is 7.52. The number of amides is 2. The number of ether oxygens (including phenoxy) is 1. The molecule has 0 aliphatic carbocycles. The lowest BCUT2D eigenvalue weighted by Crippen LogP contribution is -2.37.